The van der Waals surface area contributed by atoms with E-state index in [2.05, 4.69) is 40.3 Å². The molecular weight excluding hydrogens is 302 g/mol. The molecule has 0 radical (unpaired) electrons. The normalized spacial score (nSPS) is 11.9. The lowest BCUT2D eigenvalue weighted by Crippen LogP contribution is -2.14. The summed E-state index contributed by atoms with van der Waals surface area (Å²) >= 11 is 3.42. The molecule has 0 aliphatic heterocycles. The zero-order chi connectivity index (χ0) is 13.7. The lowest BCUT2D eigenvalue weighted by molar-refractivity contribution is -0.116. The Morgan fingerprint density at radius 2 is 1.74 bits per heavy atom. The number of carbonyl (C=O) groups excluding carboxylic acids is 1. The van der Waals surface area contributed by atoms with E-state index in [-0.39, 0.29) is 11.8 Å². The van der Waals surface area contributed by atoms with Gasteiger partial charge in [0.2, 0.25) is 5.91 Å². The molecule has 2 nitrogen and oxygen atoms in total. The second-order valence-electron chi connectivity index (χ2n) is 4.54. The summed E-state index contributed by atoms with van der Waals surface area (Å²) in [7, 11) is 0. The van der Waals surface area contributed by atoms with Crippen molar-refractivity contribution in [3.8, 4) is 0 Å². The molecule has 98 valence electrons. The highest BCUT2D eigenvalue weighted by atomic mass is 79.9. The highest BCUT2D eigenvalue weighted by Crippen LogP contribution is 2.23. The van der Waals surface area contributed by atoms with Crippen molar-refractivity contribution < 1.29 is 4.79 Å². The van der Waals surface area contributed by atoms with Gasteiger partial charge in [-0.3, -0.25) is 4.79 Å². The molecule has 0 saturated carbocycles. The van der Waals surface area contributed by atoms with E-state index in [0.29, 0.717) is 6.42 Å². The summed E-state index contributed by atoms with van der Waals surface area (Å²) in [5.41, 5.74) is 2.00. The Bertz CT molecular complexity index is 554. The molecule has 0 aliphatic carbocycles. The topological polar surface area (TPSA) is 29.1 Å². The van der Waals surface area contributed by atoms with E-state index < -0.39 is 0 Å². The first-order valence-electron chi connectivity index (χ1n) is 6.26. The summed E-state index contributed by atoms with van der Waals surface area (Å²) < 4.78 is 0.899. The maximum atomic E-state index is 12.0. The highest BCUT2D eigenvalue weighted by Gasteiger charge is 2.11. The van der Waals surface area contributed by atoms with Gasteiger partial charge in [-0.25, -0.2) is 0 Å². The van der Waals surface area contributed by atoms with Crippen LogP contribution in [0.3, 0.4) is 0 Å². The number of benzene rings is 2. The van der Waals surface area contributed by atoms with Crippen molar-refractivity contribution >= 4 is 27.5 Å². The fraction of sp³-hybridized carbons (Fsp3) is 0.188. The lowest BCUT2D eigenvalue weighted by Gasteiger charge is -2.12. The Hall–Kier alpha value is -1.61. The quantitative estimate of drug-likeness (QED) is 0.878. The Kier molecular flexibility index (Phi) is 4.74. The molecule has 0 bridgehead atoms. The maximum Gasteiger partial charge on any atom is 0.225 e. The molecule has 0 fully saturated rings. The van der Waals surface area contributed by atoms with Gasteiger partial charge in [-0.2, -0.15) is 0 Å². The van der Waals surface area contributed by atoms with Gasteiger partial charge in [0, 0.05) is 10.9 Å². The van der Waals surface area contributed by atoms with Crippen LogP contribution in [0.2, 0.25) is 0 Å². The number of para-hydroxylation sites is 1. The van der Waals surface area contributed by atoms with Crippen molar-refractivity contribution in [3.05, 3.63) is 64.6 Å². The van der Waals surface area contributed by atoms with E-state index in [1.165, 1.54) is 5.56 Å². The van der Waals surface area contributed by atoms with E-state index in [0.717, 1.165) is 10.2 Å². The van der Waals surface area contributed by atoms with Crippen LogP contribution >= 0.6 is 15.9 Å². The van der Waals surface area contributed by atoms with Crippen molar-refractivity contribution in [1.29, 1.82) is 0 Å². The number of rotatable bonds is 4. The number of carbonyl (C=O) groups is 1. The van der Waals surface area contributed by atoms with Crippen LogP contribution in [0, 0.1) is 0 Å². The van der Waals surface area contributed by atoms with Gasteiger partial charge in [0.15, 0.2) is 0 Å². The SMILES string of the molecule is CC(CC(=O)Nc1ccccc1Br)c1ccccc1. The van der Waals surface area contributed by atoms with Gasteiger partial charge in [0.05, 0.1) is 5.69 Å². The van der Waals surface area contributed by atoms with Gasteiger partial charge in [0.25, 0.3) is 0 Å². The van der Waals surface area contributed by atoms with E-state index in [1.54, 1.807) is 0 Å². The molecular formula is C16H16BrNO. The van der Waals surface area contributed by atoms with Crippen LogP contribution in [0.1, 0.15) is 24.8 Å². The number of anilines is 1. The van der Waals surface area contributed by atoms with Gasteiger partial charge in [-0.1, -0.05) is 49.4 Å². The van der Waals surface area contributed by atoms with Crippen LogP contribution in [0.25, 0.3) is 0 Å². The second-order valence-corrected chi connectivity index (χ2v) is 5.40. The van der Waals surface area contributed by atoms with E-state index in [9.17, 15) is 4.79 Å². The third kappa shape index (κ3) is 3.93. The fourth-order valence-corrected chi connectivity index (χ4v) is 2.33. The molecule has 2 aromatic rings. The summed E-state index contributed by atoms with van der Waals surface area (Å²) in [5, 5.41) is 2.93. The van der Waals surface area contributed by atoms with Gasteiger partial charge in [-0.15, -0.1) is 0 Å². The number of halogens is 1. The minimum absolute atomic E-state index is 0.0308. The Balaban J connectivity index is 1.97. The molecule has 0 heterocycles. The van der Waals surface area contributed by atoms with Crippen molar-refractivity contribution in [1.82, 2.24) is 0 Å². The Morgan fingerprint density at radius 1 is 1.11 bits per heavy atom. The summed E-state index contributed by atoms with van der Waals surface area (Å²) in [6.45, 7) is 2.06. The molecule has 0 saturated heterocycles. The van der Waals surface area contributed by atoms with Gasteiger partial charge < -0.3 is 5.32 Å². The molecule has 1 atom stereocenters. The molecule has 0 aliphatic rings. The van der Waals surface area contributed by atoms with Crippen LogP contribution in [-0.4, -0.2) is 5.91 Å². The summed E-state index contributed by atoms with van der Waals surface area (Å²) in [4.78, 5) is 12.0. The first-order valence-corrected chi connectivity index (χ1v) is 7.05. The molecule has 3 heteroatoms. The molecule has 2 aromatic carbocycles. The fourth-order valence-electron chi connectivity index (χ4n) is 1.94. The average Bonchev–Trinajstić information content (AvgIpc) is 2.42. The Labute approximate surface area is 122 Å². The van der Waals surface area contributed by atoms with Gasteiger partial charge in [-0.05, 0) is 39.5 Å². The predicted molar refractivity (Wildman–Crippen MR) is 82.2 cm³/mol. The lowest BCUT2D eigenvalue weighted by atomic mass is 9.97. The number of nitrogens with one attached hydrogen (secondary N) is 1. The highest BCUT2D eigenvalue weighted by molar-refractivity contribution is 9.10. The number of amides is 1. The van der Waals surface area contributed by atoms with Crippen molar-refractivity contribution in [3.63, 3.8) is 0 Å². The molecule has 2 rings (SSSR count). The summed E-state index contributed by atoms with van der Waals surface area (Å²) in [5.74, 6) is 0.243. The zero-order valence-corrected chi connectivity index (χ0v) is 12.4. The standard InChI is InChI=1S/C16H16BrNO/c1-12(13-7-3-2-4-8-13)11-16(19)18-15-10-6-5-9-14(15)17/h2-10,12H,11H2,1H3,(H,18,19). The van der Waals surface area contributed by atoms with Gasteiger partial charge in [0.1, 0.15) is 0 Å². The van der Waals surface area contributed by atoms with Crippen LogP contribution < -0.4 is 5.32 Å². The third-order valence-corrected chi connectivity index (χ3v) is 3.70. The number of hydrogen-bond donors (Lipinski definition) is 1. The molecule has 1 unspecified atom stereocenters. The second kappa shape index (κ2) is 6.53. The van der Waals surface area contributed by atoms with E-state index in [4.69, 9.17) is 0 Å². The van der Waals surface area contributed by atoms with Crippen LogP contribution in [0.15, 0.2) is 59.1 Å². The molecule has 0 aromatic heterocycles. The smallest absolute Gasteiger partial charge is 0.225 e. The molecule has 19 heavy (non-hydrogen) atoms. The Morgan fingerprint density at radius 3 is 2.42 bits per heavy atom. The van der Waals surface area contributed by atoms with Crippen molar-refractivity contribution in [2.45, 2.75) is 19.3 Å². The van der Waals surface area contributed by atoms with Gasteiger partial charge >= 0.3 is 0 Å². The van der Waals surface area contributed by atoms with Crippen molar-refractivity contribution in [2.24, 2.45) is 0 Å². The third-order valence-electron chi connectivity index (χ3n) is 3.01. The van der Waals surface area contributed by atoms with Crippen LogP contribution in [0.4, 0.5) is 5.69 Å². The monoisotopic (exact) mass is 317 g/mol. The van der Waals surface area contributed by atoms with Crippen LogP contribution in [0.5, 0.6) is 0 Å². The first kappa shape index (κ1) is 13.8. The minimum atomic E-state index is 0.0308. The molecule has 1 N–H and O–H groups in total. The summed E-state index contributed by atoms with van der Waals surface area (Å²) in [6, 6.07) is 17.7. The van der Waals surface area contributed by atoms with Crippen LogP contribution in [-0.2, 0) is 4.79 Å². The zero-order valence-electron chi connectivity index (χ0n) is 10.8. The molecule has 1 amide bonds. The minimum Gasteiger partial charge on any atom is -0.325 e. The predicted octanol–water partition coefficient (Wildman–Crippen LogP) is 4.58. The van der Waals surface area contributed by atoms with E-state index in [1.807, 2.05) is 42.5 Å². The molecule has 0 spiro atoms. The average molecular weight is 318 g/mol. The largest absolute Gasteiger partial charge is 0.325 e. The number of hydrogen-bond acceptors (Lipinski definition) is 1. The summed E-state index contributed by atoms with van der Waals surface area (Å²) in [6.07, 6.45) is 0.478. The first-order chi connectivity index (χ1) is 9.16. The van der Waals surface area contributed by atoms with E-state index >= 15 is 0 Å². The maximum absolute atomic E-state index is 12.0. The van der Waals surface area contributed by atoms with Crippen molar-refractivity contribution in [2.75, 3.05) is 5.32 Å².